The standard InChI is InChI=1S/C14H27NOS/c1-11-4-3-5-13(8-11)17-10-14(9-16,15-2)12-6-7-12/h11-13,15-16H,3-10H2,1-2H3. The third-order valence-corrected chi connectivity index (χ3v) is 6.19. The number of aliphatic hydroxyl groups excluding tert-OH is 1. The number of likely N-dealkylation sites (N-methyl/N-ethyl adjacent to an activating group) is 1. The first-order valence-electron chi connectivity index (χ1n) is 7.11. The summed E-state index contributed by atoms with van der Waals surface area (Å²) >= 11 is 2.10. The molecule has 0 aliphatic heterocycles. The van der Waals surface area contributed by atoms with Crippen molar-refractivity contribution in [3.8, 4) is 0 Å². The van der Waals surface area contributed by atoms with Crippen molar-refractivity contribution in [2.24, 2.45) is 11.8 Å². The van der Waals surface area contributed by atoms with E-state index >= 15 is 0 Å². The van der Waals surface area contributed by atoms with Crippen LogP contribution in [-0.4, -0.2) is 35.3 Å². The molecule has 2 nitrogen and oxygen atoms in total. The van der Waals surface area contributed by atoms with Crippen LogP contribution < -0.4 is 5.32 Å². The van der Waals surface area contributed by atoms with E-state index in [1.54, 1.807) is 0 Å². The van der Waals surface area contributed by atoms with Gasteiger partial charge in [-0.2, -0.15) is 11.8 Å². The highest BCUT2D eigenvalue weighted by Gasteiger charge is 2.44. The Balaban J connectivity index is 1.82. The number of hydrogen-bond acceptors (Lipinski definition) is 3. The predicted molar refractivity (Wildman–Crippen MR) is 75.5 cm³/mol. The Morgan fingerprint density at radius 1 is 1.29 bits per heavy atom. The van der Waals surface area contributed by atoms with Crippen molar-refractivity contribution in [1.82, 2.24) is 5.32 Å². The van der Waals surface area contributed by atoms with Crippen molar-refractivity contribution in [3.05, 3.63) is 0 Å². The monoisotopic (exact) mass is 257 g/mol. The molecule has 2 aliphatic carbocycles. The molecular formula is C14H27NOS. The first-order valence-corrected chi connectivity index (χ1v) is 8.16. The first-order chi connectivity index (χ1) is 8.20. The molecule has 0 aromatic heterocycles. The van der Waals surface area contributed by atoms with Crippen molar-refractivity contribution >= 4 is 11.8 Å². The van der Waals surface area contributed by atoms with Crippen LogP contribution in [0.5, 0.6) is 0 Å². The minimum absolute atomic E-state index is 0.00531. The van der Waals surface area contributed by atoms with Crippen LogP contribution in [0.1, 0.15) is 45.4 Å². The van der Waals surface area contributed by atoms with Crippen LogP contribution in [0.25, 0.3) is 0 Å². The molecule has 2 saturated carbocycles. The second kappa shape index (κ2) is 5.94. The summed E-state index contributed by atoms with van der Waals surface area (Å²) in [5, 5.41) is 13.9. The van der Waals surface area contributed by atoms with E-state index < -0.39 is 0 Å². The van der Waals surface area contributed by atoms with E-state index in [0.29, 0.717) is 12.5 Å². The Bertz CT molecular complexity index is 238. The molecule has 100 valence electrons. The van der Waals surface area contributed by atoms with E-state index in [2.05, 4.69) is 24.0 Å². The maximum absolute atomic E-state index is 9.69. The van der Waals surface area contributed by atoms with Gasteiger partial charge in [0.05, 0.1) is 12.1 Å². The van der Waals surface area contributed by atoms with Gasteiger partial charge in [-0.3, -0.25) is 0 Å². The largest absolute Gasteiger partial charge is 0.394 e. The second-order valence-electron chi connectivity index (χ2n) is 6.04. The normalized spacial score (nSPS) is 33.4. The molecule has 2 fully saturated rings. The summed E-state index contributed by atoms with van der Waals surface area (Å²) in [6.45, 7) is 2.68. The third kappa shape index (κ3) is 3.39. The maximum Gasteiger partial charge on any atom is 0.0624 e. The lowest BCUT2D eigenvalue weighted by Gasteiger charge is -2.34. The molecule has 3 atom stereocenters. The minimum Gasteiger partial charge on any atom is -0.394 e. The van der Waals surface area contributed by atoms with Crippen LogP contribution in [0.4, 0.5) is 0 Å². The van der Waals surface area contributed by atoms with Crippen LogP contribution in [0.2, 0.25) is 0 Å². The smallest absolute Gasteiger partial charge is 0.0624 e. The average molecular weight is 257 g/mol. The maximum atomic E-state index is 9.69. The highest BCUT2D eigenvalue weighted by molar-refractivity contribution is 8.00. The van der Waals surface area contributed by atoms with Crippen LogP contribution in [0.15, 0.2) is 0 Å². The lowest BCUT2D eigenvalue weighted by atomic mass is 9.90. The van der Waals surface area contributed by atoms with Gasteiger partial charge in [0, 0.05) is 11.0 Å². The highest BCUT2D eigenvalue weighted by atomic mass is 32.2. The fourth-order valence-corrected chi connectivity index (χ4v) is 4.88. The van der Waals surface area contributed by atoms with Crippen molar-refractivity contribution < 1.29 is 5.11 Å². The molecule has 0 bridgehead atoms. The van der Waals surface area contributed by atoms with E-state index in [0.717, 1.165) is 16.9 Å². The molecule has 3 heteroatoms. The van der Waals surface area contributed by atoms with Gasteiger partial charge in [0.1, 0.15) is 0 Å². The zero-order valence-electron chi connectivity index (χ0n) is 11.2. The van der Waals surface area contributed by atoms with Crippen LogP contribution in [-0.2, 0) is 0 Å². The predicted octanol–water partition coefficient (Wildman–Crippen LogP) is 2.66. The van der Waals surface area contributed by atoms with Gasteiger partial charge in [-0.05, 0) is 44.6 Å². The fraction of sp³-hybridized carbons (Fsp3) is 1.00. The number of rotatable bonds is 6. The number of thioether (sulfide) groups is 1. The van der Waals surface area contributed by atoms with Gasteiger partial charge < -0.3 is 10.4 Å². The van der Waals surface area contributed by atoms with E-state index in [9.17, 15) is 5.11 Å². The van der Waals surface area contributed by atoms with Gasteiger partial charge in [0.25, 0.3) is 0 Å². The average Bonchev–Trinajstić information content (AvgIpc) is 3.16. The summed E-state index contributed by atoms with van der Waals surface area (Å²) in [6.07, 6.45) is 8.16. The molecule has 0 aromatic rings. The summed E-state index contributed by atoms with van der Waals surface area (Å²) in [5.41, 5.74) is 0.00531. The number of aliphatic hydroxyl groups is 1. The van der Waals surface area contributed by atoms with Crippen molar-refractivity contribution in [2.75, 3.05) is 19.4 Å². The van der Waals surface area contributed by atoms with Gasteiger partial charge in [-0.1, -0.05) is 19.8 Å². The summed E-state index contributed by atoms with van der Waals surface area (Å²) in [5.74, 6) is 2.70. The molecule has 0 heterocycles. The lowest BCUT2D eigenvalue weighted by molar-refractivity contribution is 0.167. The van der Waals surface area contributed by atoms with Crippen molar-refractivity contribution in [2.45, 2.75) is 56.2 Å². The first kappa shape index (κ1) is 13.7. The van der Waals surface area contributed by atoms with Crippen molar-refractivity contribution in [3.63, 3.8) is 0 Å². The summed E-state index contributed by atoms with van der Waals surface area (Å²) in [7, 11) is 2.01. The molecule has 2 N–H and O–H groups in total. The Hall–Kier alpha value is 0.270. The highest BCUT2D eigenvalue weighted by Crippen LogP contribution is 2.43. The topological polar surface area (TPSA) is 32.3 Å². The fourth-order valence-electron chi connectivity index (χ4n) is 3.08. The molecule has 0 amide bonds. The van der Waals surface area contributed by atoms with Crippen LogP contribution >= 0.6 is 11.8 Å². The molecule has 0 saturated heterocycles. The Morgan fingerprint density at radius 3 is 2.59 bits per heavy atom. The zero-order chi connectivity index (χ0) is 12.3. The third-order valence-electron chi connectivity index (χ3n) is 4.60. The van der Waals surface area contributed by atoms with E-state index in [1.807, 2.05) is 7.05 Å². The molecule has 2 aliphatic rings. The molecule has 3 unspecified atom stereocenters. The lowest BCUT2D eigenvalue weighted by Crippen LogP contribution is -2.51. The van der Waals surface area contributed by atoms with Crippen LogP contribution in [0, 0.1) is 11.8 Å². The van der Waals surface area contributed by atoms with Gasteiger partial charge in [0.2, 0.25) is 0 Å². The molecule has 0 radical (unpaired) electrons. The molecule has 0 spiro atoms. The zero-order valence-corrected chi connectivity index (χ0v) is 12.1. The summed E-state index contributed by atoms with van der Waals surface area (Å²) < 4.78 is 0. The Kier molecular flexibility index (Phi) is 4.79. The molecular weight excluding hydrogens is 230 g/mol. The molecule has 17 heavy (non-hydrogen) atoms. The summed E-state index contributed by atoms with van der Waals surface area (Å²) in [4.78, 5) is 0. The minimum atomic E-state index is 0.00531. The molecule has 0 aromatic carbocycles. The van der Waals surface area contributed by atoms with E-state index in [1.165, 1.54) is 38.5 Å². The summed E-state index contributed by atoms with van der Waals surface area (Å²) in [6, 6.07) is 0. The van der Waals surface area contributed by atoms with Crippen molar-refractivity contribution in [1.29, 1.82) is 0 Å². The number of nitrogens with one attached hydrogen (secondary N) is 1. The quantitative estimate of drug-likeness (QED) is 0.767. The van der Waals surface area contributed by atoms with Crippen LogP contribution in [0.3, 0.4) is 0 Å². The SMILES string of the molecule is CNC(CO)(CSC1CCCC(C)C1)C1CC1. The van der Waals surface area contributed by atoms with E-state index in [4.69, 9.17) is 0 Å². The molecule has 2 rings (SSSR count). The van der Waals surface area contributed by atoms with Gasteiger partial charge >= 0.3 is 0 Å². The Morgan fingerprint density at radius 2 is 2.06 bits per heavy atom. The number of hydrogen-bond donors (Lipinski definition) is 2. The van der Waals surface area contributed by atoms with Gasteiger partial charge in [-0.15, -0.1) is 0 Å². The second-order valence-corrected chi connectivity index (χ2v) is 7.33. The van der Waals surface area contributed by atoms with Gasteiger partial charge in [0.15, 0.2) is 0 Å². The van der Waals surface area contributed by atoms with E-state index in [-0.39, 0.29) is 5.54 Å². The van der Waals surface area contributed by atoms with Gasteiger partial charge in [-0.25, -0.2) is 0 Å². The Labute approximate surface area is 110 Å².